The summed E-state index contributed by atoms with van der Waals surface area (Å²) in [4.78, 5) is 13.8. The zero-order valence-electron chi connectivity index (χ0n) is 2.15. The minimum absolute atomic E-state index is 5.61. The Morgan fingerprint density at radius 1 is 1.20 bits per heavy atom. The molecule has 0 heterocycles. The van der Waals surface area contributed by atoms with Gasteiger partial charge >= 0.3 is 9.23 Å². The largest absolute Gasteiger partial charge is 0.755 e. The molecular formula is H2F2O2Si. The molecule has 0 saturated carbocycles. The van der Waals surface area contributed by atoms with Gasteiger partial charge in [0.2, 0.25) is 0 Å². The molecule has 0 aromatic carbocycles. The van der Waals surface area contributed by atoms with Gasteiger partial charge in [0.1, 0.15) is 0 Å². The maximum Gasteiger partial charge on any atom is 0.755 e. The summed E-state index contributed by atoms with van der Waals surface area (Å²) in [7, 11) is -5.61. The molecule has 0 unspecified atom stereocenters. The highest BCUT2D eigenvalue weighted by Gasteiger charge is 2.30. The lowest BCUT2D eigenvalue weighted by Crippen LogP contribution is -2.19. The lowest BCUT2D eigenvalue weighted by atomic mass is 15.8. The van der Waals surface area contributed by atoms with Gasteiger partial charge in [-0.05, 0) is 0 Å². The lowest BCUT2D eigenvalue weighted by molar-refractivity contribution is 0.219. The Morgan fingerprint density at radius 2 is 1.20 bits per heavy atom. The number of hydrogen-bond donors (Lipinski definition) is 2. The first-order valence-corrected chi connectivity index (χ1v) is 2.48. The molecule has 32 valence electrons. The van der Waals surface area contributed by atoms with Gasteiger partial charge in [-0.2, -0.15) is 0 Å². The molecule has 5 heteroatoms. The highest BCUT2D eigenvalue weighted by atomic mass is 28.5. The average Bonchev–Trinajstić information content (AvgIpc) is 0.722. The summed E-state index contributed by atoms with van der Waals surface area (Å²) in [6.07, 6.45) is 0. The predicted molar refractivity (Wildman–Crippen MR) is 12.4 cm³/mol. The summed E-state index contributed by atoms with van der Waals surface area (Å²) in [6.45, 7) is 0. The monoisotopic (exact) mass is 100.0 g/mol. The van der Waals surface area contributed by atoms with E-state index in [1.807, 2.05) is 0 Å². The van der Waals surface area contributed by atoms with Crippen molar-refractivity contribution >= 4 is 9.23 Å². The van der Waals surface area contributed by atoms with Crippen LogP contribution in [0.15, 0.2) is 0 Å². The Hall–Kier alpha value is -0.00312. The fourth-order valence-electron chi connectivity index (χ4n) is 0. The summed E-state index contributed by atoms with van der Waals surface area (Å²) in [6, 6.07) is 0. The molecule has 0 fully saturated rings. The van der Waals surface area contributed by atoms with Crippen LogP contribution in [0, 0.1) is 0 Å². The molecule has 0 amide bonds. The molecule has 0 aliphatic carbocycles. The Morgan fingerprint density at radius 3 is 1.20 bits per heavy atom. The highest BCUT2D eigenvalue weighted by molar-refractivity contribution is 6.48. The van der Waals surface area contributed by atoms with Crippen molar-refractivity contribution in [2.45, 2.75) is 0 Å². The third-order valence-electron chi connectivity index (χ3n) is 0. The van der Waals surface area contributed by atoms with Crippen LogP contribution in [0.2, 0.25) is 0 Å². The van der Waals surface area contributed by atoms with Crippen molar-refractivity contribution in [2.75, 3.05) is 0 Å². The smallest absolute Gasteiger partial charge is 0.361 e. The van der Waals surface area contributed by atoms with Crippen LogP contribution >= 0.6 is 0 Å². The number of hydrogen-bond acceptors (Lipinski definition) is 2. The first kappa shape index (κ1) is 5.00. The van der Waals surface area contributed by atoms with E-state index in [1.165, 1.54) is 0 Å². The molecule has 0 rings (SSSR count). The zero-order chi connectivity index (χ0) is 4.50. The summed E-state index contributed by atoms with van der Waals surface area (Å²) < 4.78 is 20.5. The van der Waals surface area contributed by atoms with Gasteiger partial charge in [0.05, 0.1) is 0 Å². The summed E-state index contributed by atoms with van der Waals surface area (Å²) in [5.41, 5.74) is 0. The Labute approximate surface area is 28.3 Å². The normalized spacial score (nSPS) is 12.0. The number of rotatable bonds is 0. The van der Waals surface area contributed by atoms with Crippen LogP contribution in [0.4, 0.5) is 8.22 Å². The van der Waals surface area contributed by atoms with Crippen molar-refractivity contribution in [3.05, 3.63) is 0 Å². The maximum atomic E-state index is 10.3. The molecule has 0 atom stereocenters. The minimum atomic E-state index is -5.61. The van der Waals surface area contributed by atoms with Crippen molar-refractivity contribution in [2.24, 2.45) is 0 Å². The summed E-state index contributed by atoms with van der Waals surface area (Å²) >= 11 is 0. The van der Waals surface area contributed by atoms with Crippen LogP contribution in [0.1, 0.15) is 0 Å². The quantitative estimate of drug-likeness (QED) is 0.313. The molecule has 0 spiro atoms. The van der Waals surface area contributed by atoms with Crippen LogP contribution in [-0.4, -0.2) is 18.8 Å². The van der Waals surface area contributed by atoms with Gasteiger partial charge in [-0.25, -0.2) is 8.22 Å². The van der Waals surface area contributed by atoms with E-state index in [4.69, 9.17) is 9.59 Å². The second-order valence-corrected chi connectivity index (χ2v) is 1.53. The van der Waals surface area contributed by atoms with Crippen molar-refractivity contribution in [3.8, 4) is 0 Å². The minimum Gasteiger partial charge on any atom is -0.361 e. The van der Waals surface area contributed by atoms with E-state index in [-0.39, 0.29) is 0 Å². The van der Waals surface area contributed by atoms with Crippen molar-refractivity contribution in [1.29, 1.82) is 0 Å². The van der Waals surface area contributed by atoms with E-state index in [0.717, 1.165) is 0 Å². The Kier molecular flexibility index (Phi) is 0.998. The molecule has 0 radical (unpaired) electrons. The van der Waals surface area contributed by atoms with Gasteiger partial charge < -0.3 is 9.59 Å². The van der Waals surface area contributed by atoms with Crippen molar-refractivity contribution < 1.29 is 17.8 Å². The highest BCUT2D eigenvalue weighted by Crippen LogP contribution is 1.89. The topological polar surface area (TPSA) is 40.5 Å². The standard InChI is InChI=1S/F2H2O2Si/c1-5(2,3)4/h3-4H. The zero-order valence-corrected chi connectivity index (χ0v) is 3.15. The third kappa shape index (κ3) is 1640000. The van der Waals surface area contributed by atoms with Gasteiger partial charge in [-0.3, -0.25) is 0 Å². The van der Waals surface area contributed by atoms with E-state index in [2.05, 4.69) is 0 Å². The maximum absolute atomic E-state index is 10.3. The van der Waals surface area contributed by atoms with Crippen LogP contribution < -0.4 is 0 Å². The molecule has 0 aliphatic heterocycles. The molecule has 0 bridgehead atoms. The molecule has 2 nitrogen and oxygen atoms in total. The fraction of sp³-hybridized carbons (Fsp3) is 0. The lowest BCUT2D eigenvalue weighted by Gasteiger charge is -1.83. The van der Waals surface area contributed by atoms with E-state index < -0.39 is 9.23 Å². The molecule has 2 N–H and O–H groups in total. The first-order valence-electron chi connectivity index (χ1n) is 0.825. The molecule has 0 aliphatic rings. The Bertz CT molecular complexity index is 23.1. The van der Waals surface area contributed by atoms with Crippen LogP contribution in [0.5, 0.6) is 0 Å². The molecule has 5 heavy (non-hydrogen) atoms. The van der Waals surface area contributed by atoms with Gasteiger partial charge in [0.15, 0.2) is 0 Å². The molecule has 0 saturated heterocycles. The third-order valence-corrected chi connectivity index (χ3v) is 0. The average molecular weight is 100 g/mol. The SMILES string of the molecule is O[Si](O)(F)F. The second-order valence-electron chi connectivity index (χ2n) is 0.509. The van der Waals surface area contributed by atoms with Crippen LogP contribution in [-0.2, 0) is 0 Å². The van der Waals surface area contributed by atoms with E-state index in [1.54, 1.807) is 0 Å². The first-order chi connectivity index (χ1) is 2.00. The fourth-order valence-corrected chi connectivity index (χ4v) is 0. The predicted octanol–water partition coefficient (Wildman–Crippen LogP) is -0.654. The van der Waals surface area contributed by atoms with Crippen molar-refractivity contribution in [1.82, 2.24) is 0 Å². The second kappa shape index (κ2) is 0.998. The van der Waals surface area contributed by atoms with E-state index in [9.17, 15) is 8.22 Å². The summed E-state index contributed by atoms with van der Waals surface area (Å²) in [5.74, 6) is 0. The molecule has 0 aromatic heterocycles. The van der Waals surface area contributed by atoms with Crippen LogP contribution in [0.3, 0.4) is 0 Å². The van der Waals surface area contributed by atoms with Gasteiger partial charge in [0.25, 0.3) is 0 Å². The van der Waals surface area contributed by atoms with E-state index in [0.29, 0.717) is 0 Å². The Balaban J connectivity index is 3.02. The van der Waals surface area contributed by atoms with Gasteiger partial charge in [-0.15, -0.1) is 0 Å². The summed E-state index contributed by atoms with van der Waals surface area (Å²) in [5, 5.41) is 0. The van der Waals surface area contributed by atoms with Gasteiger partial charge in [0, 0.05) is 0 Å². The number of halogens is 2. The molecule has 0 aromatic rings. The van der Waals surface area contributed by atoms with Crippen LogP contribution in [0.25, 0.3) is 0 Å². The van der Waals surface area contributed by atoms with Crippen molar-refractivity contribution in [3.63, 3.8) is 0 Å². The van der Waals surface area contributed by atoms with Gasteiger partial charge in [-0.1, -0.05) is 0 Å². The molecular weight excluding hydrogens is 98.1 g/mol. The van der Waals surface area contributed by atoms with E-state index >= 15 is 0 Å².